The fourth-order valence-electron chi connectivity index (χ4n) is 2.37. The highest BCUT2D eigenvalue weighted by atomic mass is 32.2. The summed E-state index contributed by atoms with van der Waals surface area (Å²) in [5.74, 6) is 0.0319. The van der Waals surface area contributed by atoms with Crippen molar-refractivity contribution in [1.82, 2.24) is 14.8 Å². The van der Waals surface area contributed by atoms with Gasteiger partial charge in [-0.25, -0.2) is 18.1 Å². The third kappa shape index (κ3) is 4.30. The molecule has 8 heteroatoms. The number of carbonyl (C=O) groups excluding carboxylic acids is 1. The number of aromatic nitrogens is 3. The van der Waals surface area contributed by atoms with Crippen molar-refractivity contribution in [1.29, 1.82) is 0 Å². The topological polar surface area (TPSA) is 94.0 Å². The van der Waals surface area contributed by atoms with E-state index in [1.54, 1.807) is 65.7 Å². The molecule has 25 heavy (non-hydrogen) atoms. The second kappa shape index (κ2) is 6.86. The van der Waals surface area contributed by atoms with Gasteiger partial charge in [-0.3, -0.25) is 4.79 Å². The van der Waals surface area contributed by atoms with E-state index >= 15 is 0 Å². The van der Waals surface area contributed by atoms with E-state index in [1.165, 1.54) is 0 Å². The maximum Gasteiger partial charge on any atom is 0.255 e. The number of amides is 1. The van der Waals surface area contributed by atoms with Crippen LogP contribution in [-0.2, 0) is 15.6 Å². The molecule has 2 heterocycles. The number of carbonyl (C=O) groups is 1. The van der Waals surface area contributed by atoms with Gasteiger partial charge in [-0.05, 0) is 35.9 Å². The molecule has 1 amide bonds. The Kier molecular flexibility index (Phi) is 4.62. The van der Waals surface area contributed by atoms with Gasteiger partial charge in [-0.15, -0.1) is 0 Å². The van der Waals surface area contributed by atoms with Crippen LogP contribution in [0.3, 0.4) is 0 Å². The predicted molar refractivity (Wildman–Crippen MR) is 94.3 cm³/mol. The zero-order valence-corrected chi connectivity index (χ0v) is 14.3. The normalized spacial score (nSPS) is 11.2. The molecular weight excluding hydrogens is 340 g/mol. The van der Waals surface area contributed by atoms with Gasteiger partial charge in [-0.1, -0.05) is 12.1 Å². The summed E-state index contributed by atoms with van der Waals surface area (Å²) in [7, 11) is -3.17. The molecule has 0 radical (unpaired) electrons. The Hall–Kier alpha value is -3.00. The van der Waals surface area contributed by atoms with Gasteiger partial charge >= 0.3 is 0 Å². The summed E-state index contributed by atoms with van der Waals surface area (Å²) in [5.41, 5.74) is 1.44. The first-order chi connectivity index (χ1) is 11.9. The summed E-state index contributed by atoms with van der Waals surface area (Å²) >= 11 is 0. The lowest BCUT2D eigenvalue weighted by atomic mass is 10.1. The quantitative estimate of drug-likeness (QED) is 0.755. The number of benzene rings is 1. The standard InChI is InChI=1S/C17H16N4O3S/c1-25(23,24)12-13-5-2-6-14(11-13)17(22)20-15-7-3-8-18-16(15)21-10-4-9-19-21/h2-11H,12H2,1H3,(H,20,22). The largest absolute Gasteiger partial charge is 0.319 e. The van der Waals surface area contributed by atoms with Crippen molar-refractivity contribution in [3.8, 4) is 5.82 Å². The lowest BCUT2D eigenvalue weighted by Crippen LogP contribution is -2.15. The highest BCUT2D eigenvalue weighted by Crippen LogP contribution is 2.18. The van der Waals surface area contributed by atoms with E-state index in [1.807, 2.05) is 0 Å². The molecule has 7 nitrogen and oxygen atoms in total. The van der Waals surface area contributed by atoms with Gasteiger partial charge in [0, 0.05) is 30.4 Å². The number of nitrogens with one attached hydrogen (secondary N) is 1. The predicted octanol–water partition coefficient (Wildman–Crippen LogP) is 2.06. The number of sulfone groups is 1. The van der Waals surface area contributed by atoms with E-state index in [0.717, 1.165) is 6.26 Å². The number of rotatable bonds is 5. The van der Waals surface area contributed by atoms with E-state index in [0.29, 0.717) is 22.6 Å². The van der Waals surface area contributed by atoms with E-state index in [4.69, 9.17) is 0 Å². The highest BCUT2D eigenvalue weighted by Gasteiger charge is 2.13. The Morgan fingerprint density at radius 1 is 1.16 bits per heavy atom. The SMILES string of the molecule is CS(=O)(=O)Cc1cccc(C(=O)Nc2cccnc2-n2cccn2)c1. The Balaban J connectivity index is 1.85. The summed E-state index contributed by atoms with van der Waals surface area (Å²) in [6, 6.07) is 11.7. The molecular formula is C17H16N4O3S. The van der Waals surface area contributed by atoms with Crippen molar-refractivity contribution in [2.75, 3.05) is 11.6 Å². The van der Waals surface area contributed by atoms with Crippen molar-refractivity contribution < 1.29 is 13.2 Å². The zero-order chi connectivity index (χ0) is 17.9. The summed E-state index contributed by atoms with van der Waals surface area (Å²) in [6.45, 7) is 0. The Morgan fingerprint density at radius 3 is 2.72 bits per heavy atom. The molecule has 0 fully saturated rings. The number of hydrogen-bond donors (Lipinski definition) is 1. The third-order valence-corrected chi connectivity index (χ3v) is 4.23. The lowest BCUT2D eigenvalue weighted by molar-refractivity contribution is 0.102. The van der Waals surface area contributed by atoms with Crippen molar-refractivity contribution in [2.45, 2.75) is 5.75 Å². The Labute approximate surface area is 145 Å². The molecule has 3 rings (SSSR count). The fraction of sp³-hybridized carbons (Fsp3) is 0.118. The average molecular weight is 356 g/mol. The number of hydrogen-bond acceptors (Lipinski definition) is 5. The van der Waals surface area contributed by atoms with Crippen LogP contribution in [0.15, 0.2) is 61.1 Å². The smallest absolute Gasteiger partial charge is 0.255 e. The molecule has 0 bridgehead atoms. The molecule has 128 valence electrons. The average Bonchev–Trinajstić information content (AvgIpc) is 3.08. The maximum absolute atomic E-state index is 12.5. The minimum Gasteiger partial charge on any atom is -0.319 e. The minimum atomic E-state index is -3.17. The first-order valence-electron chi connectivity index (χ1n) is 7.45. The number of anilines is 1. The zero-order valence-electron chi connectivity index (χ0n) is 13.5. The molecule has 0 aliphatic heterocycles. The maximum atomic E-state index is 12.5. The molecule has 0 unspecified atom stereocenters. The first-order valence-corrected chi connectivity index (χ1v) is 9.51. The van der Waals surface area contributed by atoms with E-state index < -0.39 is 9.84 Å². The number of pyridine rings is 1. The monoisotopic (exact) mass is 356 g/mol. The van der Waals surface area contributed by atoms with E-state index in [-0.39, 0.29) is 11.7 Å². The van der Waals surface area contributed by atoms with Crippen LogP contribution in [0.1, 0.15) is 15.9 Å². The second-order valence-corrected chi connectivity index (χ2v) is 7.69. The van der Waals surface area contributed by atoms with Crippen molar-refractivity contribution in [2.24, 2.45) is 0 Å². The van der Waals surface area contributed by atoms with Gasteiger partial charge in [0.05, 0.1) is 11.4 Å². The van der Waals surface area contributed by atoms with Crippen molar-refractivity contribution in [3.05, 3.63) is 72.2 Å². The molecule has 0 aliphatic carbocycles. The summed E-state index contributed by atoms with van der Waals surface area (Å²) < 4.78 is 24.4. The van der Waals surface area contributed by atoms with Crippen molar-refractivity contribution in [3.63, 3.8) is 0 Å². The Bertz CT molecular complexity index is 998. The van der Waals surface area contributed by atoms with Crippen LogP contribution < -0.4 is 5.32 Å². The highest BCUT2D eigenvalue weighted by molar-refractivity contribution is 7.89. The summed E-state index contributed by atoms with van der Waals surface area (Å²) in [6.07, 6.45) is 6.12. The van der Waals surface area contributed by atoms with Gasteiger partial charge < -0.3 is 5.32 Å². The molecule has 0 atom stereocenters. The summed E-state index contributed by atoms with van der Waals surface area (Å²) in [5, 5.41) is 6.91. The second-order valence-electron chi connectivity index (χ2n) is 5.55. The van der Waals surface area contributed by atoms with Crippen LogP contribution in [0.25, 0.3) is 5.82 Å². The van der Waals surface area contributed by atoms with Crippen LogP contribution in [0.2, 0.25) is 0 Å². The molecule has 1 N–H and O–H groups in total. The van der Waals surface area contributed by atoms with Gasteiger partial charge in [0.1, 0.15) is 0 Å². The molecule has 2 aromatic heterocycles. The van der Waals surface area contributed by atoms with E-state index in [9.17, 15) is 13.2 Å². The molecule has 3 aromatic rings. The molecule has 1 aromatic carbocycles. The third-order valence-electron chi connectivity index (χ3n) is 3.37. The van der Waals surface area contributed by atoms with Crippen LogP contribution in [-0.4, -0.2) is 35.3 Å². The van der Waals surface area contributed by atoms with E-state index in [2.05, 4.69) is 15.4 Å². The van der Waals surface area contributed by atoms with Crippen LogP contribution in [0.4, 0.5) is 5.69 Å². The summed E-state index contributed by atoms with van der Waals surface area (Å²) in [4.78, 5) is 16.8. The van der Waals surface area contributed by atoms with Gasteiger partial charge in [-0.2, -0.15) is 5.10 Å². The fourth-order valence-corrected chi connectivity index (χ4v) is 3.16. The minimum absolute atomic E-state index is 0.112. The molecule has 0 saturated carbocycles. The lowest BCUT2D eigenvalue weighted by Gasteiger charge is -2.10. The number of nitrogens with zero attached hydrogens (tertiary/aromatic N) is 3. The van der Waals surface area contributed by atoms with Crippen LogP contribution >= 0.6 is 0 Å². The van der Waals surface area contributed by atoms with Crippen molar-refractivity contribution >= 4 is 21.4 Å². The van der Waals surface area contributed by atoms with Crippen LogP contribution in [0, 0.1) is 0 Å². The molecule has 0 saturated heterocycles. The Morgan fingerprint density at radius 2 is 2.00 bits per heavy atom. The van der Waals surface area contributed by atoms with Crippen LogP contribution in [0.5, 0.6) is 0 Å². The van der Waals surface area contributed by atoms with Gasteiger partial charge in [0.15, 0.2) is 15.7 Å². The van der Waals surface area contributed by atoms with Gasteiger partial charge in [0.2, 0.25) is 0 Å². The first kappa shape index (κ1) is 16.8. The van der Waals surface area contributed by atoms with Gasteiger partial charge in [0.25, 0.3) is 5.91 Å². The molecule has 0 spiro atoms. The molecule has 0 aliphatic rings.